The average Bonchev–Trinajstić information content (AvgIpc) is 2.05. The third-order valence-electron chi connectivity index (χ3n) is 1.66. The first-order valence-electron chi connectivity index (χ1n) is 3.40. The van der Waals surface area contributed by atoms with E-state index in [-0.39, 0.29) is 24.0 Å². The molecule has 1 heteroatoms. The SMILES string of the molecule is I.c1ccc2ccccc2c1. The lowest BCUT2D eigenvalue weighted by molar-refractivity contribution is 1.75. The highest BCUT2D eigenvalue weighted by atomic mass is 127. The number of hydrogen-bond acceptors (Lipinski definition) is 0. The molecule has 0 aromatic heterocycles. The van der Waals surface area contributed by atoms with Crippen molar-refractivity contribution < 1.29 is 0 Å². The van der Waals surface area contributed by atoms with Crippen molar-refractivity contribution in [3.63, 3.8) is 0 Å². The van der Waals surface area contributed by atoms with Crippen molar-refractivity contribution in [2.45, 2.75) is 0 Å². The van der Waals surface area contributed by atoms with Gasteiger partial charge in [-0.2, -0.15) is 0 Å². The van der Waals surface area contributed by atoms with Crippen LogP contribution in [0.3, 0.4) is 0 Å². The number of rotatable bonds is 0. The molecule has 0 atom stereocenters. The zero-order valence-electron chi connectivity index (χ0n) is 6.03. The summed E-state index contributed by atoms with van der Waals surface area (Å²) >= 11 is 0. The van der Waals surface area contributed by atoms with E-state index >= 15 is 0 Å². The lowest BCUT2D eigenvalue weighted by Crippen LogP contribution is -1.67. The fourth-order valence-electron chi connectivity index (χ4n) is 1.13. The summed E-state index contributed by atoms with van der Waals surface area (Å²) in [5.74, 6) is 0. The van der Waals surface area contributed by atoms with E-state index in [0.717, 1.165) is 0 Å². The largest absolute Gasteiger partial charge is 0.107 e. The van der Waals surface area contributed by atoms with Crippen molar-refractivity contribution in [3.05, 3.63) is 48.5 Å². The Labute approximate surface area is 83.3 Å². The molecule has 0 spiro atoms. The highest BCUT2D eigenvalue weighted by Gasteiger charge is 1.85. The van der Waals surface area contributed by atoms with Crippen LogP contribution in [-0.4, -0.2) is 0 Å². The Morgan fingerprint density at radius 1 is 0.545 bits per heavy atom. The van der Waals surface area contributed by atoms with Gasteiger partial charge in [-0.05, 0) is 10.8 Å². The van der Waals surface area contributed by atoms with Crippen molar-refractivity contribution in [1.29, 1.82) is 0 Å². The van der Waals surface area contributed by atoms with Crippen LogP contribution in [-0.2, 0) is 0 Å². The Hall–Kier alpha value is -0.570. The first-order valence-corrected chi connectivity index (χ1v) is 3.40. The van der Waals surface area contributed by atoms with Gasteiger partial charge >= 0.3 is 0 Å². The van der Waals surface area contributed by atoms with Crippen LogP contribution in [0.2, 0.25) is 0 Å². The second-order valence-corrected chi connectivity index (χ2v) is 2.35. The van der Waals surface area contributed by atoms with Crippen molar-refractivity contribution in [2.75, 3.05) is 0 Å². The fourth-order valence-corrected chi connectivity index (χ4v) is 1.13. The van der Waals surface area contributed by atoms with Crippen LogP contribution in [0.15, 0.2) is 48.5 Å². The van der Waals surface area contributed by atoms with Crippen LogP contribution in [0.1, 0.15) is 0 Å². The number of fused-ring (bicyclic) bond motifs is 1. The monoisotopic (exact) mass is 256 g/mol. The van der Waals surface area contributed by atoms with Crippen LogP contribution in [0.25, 0.3) is 10.8 Å². The second kappa shape index (κ2) is 3.72. The lowest BCUT2D eigenvalue weighted by atomic mass is 10.1. The quantitative estimate of drug-likeness (QED) is 0.633. The molecule has 0 nitrogen and oxygen atoms in total. The number of halogens is 1. The topological polar surface area (TPSA) is 0 Å². The first kappa shape index (κ1) is 8.53. The fraction of sp³-hybridized carbons (Fsp3) is 0. The average molecular weight is 256 g/mol. The minimum atomic E-state index is 0. The predicted octanol–water partition coefficient (Wildman–Crippen LogP) is 3.46. The van der Waals surface area contributed by atoms with Gasteiger partial charge in [0, 0.05) is 0 Å². The third kappa shape index (κ3) is 1.71. The summed E-state index contributed by atoms with van der Waals surface area (Å²) in [6.07, 6.45) is 0. The summed E-state index contributed by atoms with van der Waals surface area (Å²) < 4.78 is 0. The van der Waals surface area contributed by atoms with Gasteiger partial charge in [0.25, 0.3) is 0 Å². The van der Waals surface area contributed by atoms with Crippen molar-refractivity contribution in [2.24, 2.45) is 0 Å². The van der Waals surface area contributed by atoms with Crippen LogP contribution in [0, 0.1) is 0 Å². The van der Waals surface area contributed by atoms with Crippen molar-refractivity contribution in [3.8, 4) is 0 Å². The minimum Gasteiger partial charge on any atom is -0.107 e. The summed E-state index contributed by atoms with van der Waals surface area (Å²) in [4.78, 5) is 0. The molecule has 0 unspecified atom stereocenters. The van der Waals surface area contributed by atoms with Crippen LogP contribution in [0.5, 0.6) is 0 Å². The van der Waals surface area contributed by atoms with Crippen LogP contribution >= 0.6 is 24.0 Å². The Kier molecular flexibility index (Phi) is 2.88. The molecule has 0 N–H and O–H groups in total. The Balaban J connectivity index is 0.000000605. The second-order valence-electron chi connectivity index (χ2n) is 2.35. The van der Waals surface area contributed by atoms with Crippen LogP contribution in [0.4, 0.5) is 0 Å². The Bertz CT molecular complexity index is 276. The maximum atomic E-state index is 2.12. The molecular weight excluding hydrogens is 247 g/mol. The van der Waals surface area contributed by atoms with Gasteiger partial charge in [0.15, 0.2) is 0 Å². The molecule has 0 saturated heterocycles. The zero-order chi connectivity index (χ0) is 6.81. The van der Waals surface area contributed by atoms with Crippen LogP contribution < -0.4 is 0 Å². The summed E-state index contributed by atoms with van der Waals surface area (Å²) in [5.41, 5.74) is 0. The molecule has 0 aliphatic heterocycles. The van der Waals surface area contributed by atoms with Crippen molar-refractivity contribution in [1.82, 2.24) is 0 Å². The summed E-state index contributed by atoms with van der Waals surface area (Å²) in [7, 11) is 0. The smallest absolute Gasteiger partial charge is 0.0184 e. The molecular formula is C10H9I. The lowest BCUT2D eigenvalue weighted by Gasteiger charge is -1.92. The Morgan fingerprint density at radius 3 is 1.09 bits per heavy atom. The summed E-state index contributed by atoms with van der Waals surface area (Å²) in [6, 6.07) is 16.7. The summed E-state index contributed by atoms with van der Waals surface area (Å²) in [6.45, 7) is 0. The van der Waals surface area contributed by atoms with E-state index in [1.54, 1.807) is 0 Å². The normalized spacial score (nSPS) is 9.09. The summed E-state index contributed by atoms with van der Waals surface area (Å²) in [5, 5.41) is 2.62. The van der Waals surface area contributed by atoms with Gasteiger partial charge in [-0.15, -0.1) is 24.0 Å². The number of hydrogen-bond donors (Lipinski definition) is 0. The molecule has 0 aliphatic rings. The van der Waals surface area contributed by atoms with E-state index in [1.165, 1.54) is 10.8 Å². The third-order valence-corrected chi connectivity index (χ3v) is 1.66. The molecule has 0 fully saturated rings. The molecule has 0 bridgehead atoms. The molecule has 0 saturated carbocycles. The molecule has 2 aromatic rings. The first-order chi connectivity index (χ1) is 4.97. The molecule has 2 aromatic carbocycles. The standard InChI is InChI=1S/C10H8.HI/c1-2-6-10-8-4-3-7-9(10)5-1;/h1-8H;1H. The maximum Gasteiger partial charge on any atom is -0.0184 e. The number of benzene rings is 2. The van der Waals surface area contributed by atoms with E-state index in [0.29, 0.717) is 0 Å². The molecule has 0 amide bonds. The van der Waals surface area contributed by atoms with Gasteiger partial charge < -0.3 is 0 Å². The molecule has 2 rings (SSSR count). The van der Waals surface area contributed by atoms with E-state index in [9.17, 15) is 0 Å². The van der Waals surface area contributed by atoms with Gasteiger partial charge in [-0.3, -0.25) is 0 Å². The van der Waals surface area contributed by atoms with Gasteiger partial charge in [-0.25, -0.2) is 0 Å². The van der Waals surface area contributed by atoms with Gasteiger partial charge in [0.2, 0.25) is 0 Å². The molecule has 0 aliphatic carbocycles. The molecule has 0 radical (unpaired) electrons. The van der Waals surface area contributed by atoms with Gasteiger partial charge in [0.05, 0.1) is 0 Å². The highest BCUT2D eigenvalue weighted by molar-refractivity contribution is 14.0. The molecule has 56 valence electrons. The van der Waals surface area contributed by atoms with E-state index < -0.39 is 0 Å². The van der Waals surface area contributed by atoms with E-state index in [2.05, 4.69) is 48.5 Å². The molecule has 0 heterocycles. The highest BCUT2D eigenvalue weighted by Crippen LogP contribution is 2.11. The predicted molar refractivity (Wildman–Crippen MR) is 59.4 cm³/mol. The minimum absolute atomic E-state index is 0. The Morgan fingerprint density at radius 2 is 0.818 bits per heavy atom. The van der Waals surface area contributed by atoms with E-state index in [4.69, 9.17) is 0 Å². The van der Waals surface area contributed by atoms with Gasteiger partial charge in [0.1, 0.15) is 0 Å². The molecule has 11 heavy (non-hydrogen) atoms. The maximum absolute atomic E-state index is 2.12. The van der Waals surface area contributed by atoms with Gasteiger partial charge in [-0.1, -0.05) is 48.5 Å². The van der Waals surface area contributed by atoms with Crippen molar-refractivity contribution >= 4 is 34.7 Å². The van der Waals surface area contributed by atoms with E-state index in [1.807, 2.05) is 0 Å². The zero-order valence-corrected chi connectivity index (χ0v) is 8.36.